The Bertz CT molecular complexity index is 696. The minimum atomic E-state index is 0.0488. The Hall–Kier alpha value is -2.21. The van der Waals surface area contributed by atoms with Crippen LogP contribution in [0.3, 0.4) is 0 Å². The molecule has 0 radical (unpaired) electrons. The van der Waals surface area contributed by atoms with Crippen molar-refractivity contribution in [2.24, 2.45) is 0 Å². The second-order valence-electron chi connectivity index (χ2n) is 6.39. The van der Waals surface area contributed by atoms with E-state index in [1.807, 2.05) is 25.3 Å². The number of rotatable bonds is 5. The van der Waals surface area contributed by atoms with Gasteiger partial charge in [-0.05, 0) is 31.4 Å². The average molecular weight is 312 g/mol. The van der Waals surface area contributed by atoms with E-state index in [0.29, 0.717) is 19.0 Å². The Balaban J connectivity index is 1.55. The molecule has 0 bridgehead atoms. The molecule has 1 saturated carbocycles. The van der Waals surface area contributed by atoms with Crippen LogP contribution < -0.4 is 5.32 Å². The SMILES string of the molecule is Cc1cc(CN[C@@H]2CC(=O)N(C3CC3)[C@H]2c2cccnc2)on1. The first-order chi connectivity index (χ1) is 11.2. The zero-order valence-corrected chi connectivity index (χ0v) is 13.1. The summed E-state index contributed by atoms with van der Waals surface area (Å²) in [6.45, 7) is 2.48. The maximum absolute atomic E-state index is 12.5. The van der Waals surface area contributed by atoms with Gasteiger partial charge in [-0.3, -0.25) is 9.78 Å². The fourth-order valence-electron chi connectivity index (χ4n) is 3.40. The molecular formula is C17H20N4O2. The molecule has 1 amide bonds. The zero-order chi connectivity index (χ0) is 15.8. The third-order valence-electron chi connectivity index (χ3n) is 4.54. The van der Waals surface area contributed by atoms with Gasteiger partial charge in [-0.2, -0.15) is 0 Å². The number of pyridine rings is 1. The number of carbonyl (C=O) groups excluding carboxylic acids is 1. The van der Waals surface area contributed by atoms with E-state index in [0.717, 1.165) is 29.9 Å². The van der Waals surface area contributed by atoms with E-state index >= 15 is 0 Å². The lowest BCUT2D eigenvalue weighted by Crippen LogP contribution is -2.37. The van der Waals surface area contributed by atoms with Crippen LogP contribution in [0.1, 0.15) is 42.3 Å². The molecule has 1 N–H and O–H groups in total. The van der Waals surface area contributed by atoms with Gasteiger partial charge in [0.1, 0.15) is 0 Å². The van der Waals surface area contributed by atoms with Crippen LogP contribution in [0.4, 0.5) is 0 Å². The van der Waals surface area contributed by atoms with Crippen molar-refractivity contribution in [3.05, 3.63) is 47.6 Å². The molecule has 1 aliphatic carbocycles. The first-order valence-electron chi connectivity index (χ1n) is 8.09. The van der Waals surface area contributed by atoms with Crippen LogP contribution in [0, 0.1) is 6.92 Å². The van der Waals surface area contributed by atoms with Gasteiger partial charge >= 0.3 is 0 Å². The van der Waals surface area contributed by atoms with Gasteiger partial charge in [0.2, 0.25) is 5.91 Å². The lowest BCUT2D eigenvalue weighted by Gasteiger charge is -2.28. The number of carbonyl (C=O) groups is 1. The number of hydrogen-bond donors (Lipinski definition) is 1. The first kappa shape index (κ1) is 14.4. The van der Waals surface area contributed by atoms with Crippen LogP contribution in [0.15, 0.2) is 35.1 Å². The van der Waals surface area contributed by atoms with Gasteiger partial charge in [-0.1, -0.05) is 11.2 Å². The second-order valence-corrected chi connectivity index (χ2v) is 6.39. The standard InChI is InChI=1S/C17H20N4O2/c1-11-7-14(23-20-11)10-19-15-8-16(22)21(13-4-5-13)17(15)12-3-2-6-18-9-12/h2-3,6-7,9,13,15,17,19H,4-5,8,10H2,1H3/t15-,17+/m1/s1. The van der Waals surface area contributed by atoms with E-state index in [9.17, 15) is 4.79 Å². The van der Waals surface area contributed by atoms with Crippen LogP contribution in [-0.4, -0.2) is 33.0 Å². The molecule has 0 unspecified atom stereocenters. The summed E-state index contributed by atoms with van der Waals surface area (Å²) in [4.78, 5) is 18.8. The molecule has 23 heavy (non-hydrogen) atoms. The average Bonchev–Trinajstić information content (AvgIpc) is 3.22. The number of aryl methyl sites for hydroxylation is 1. The van der Waals surface area contributed by atoms with Gasteiger partial charge in [-0.25, -0.2) is 0 Å². The second kappa shape index (κ2) is 5.77. The summed E-state index contributed by atoms with van der Waals surface area (Å²) in [6, 6.07) is 6.41. The van der Waals surface area contributed by atoms with Crippen molar-refractivity contribution in [3.63, 3.8) is 0 Å². The number of nitrogens with one attached hydrogen (secondary N) is 1. The molecule has 2 fully saturated rings. The highest BCUT2D eigenvalue weighted by Gasteiger charge is 2.47. The largest absolute Gasteiger partial charge is 0.360 e. The van der Waals surface area contributed by atoms with Gasteiger partial charge < -0.3 is 14.7 Å². The minimum absolute atomic E-state index is 0.0488. The Labute approximate surface area is 134 Å². The minimum Gasteiger partial charge on any atom is -0.360 e. The molecule has 6 nitrogen and oxygen atoms in total. The van der Waals surface area contributed by atoms with Crippen molar-refractivity contribution in [2.75, 3.05) is 0 Å². The normalized spacial score (nSPS) is 24.4. The fraction of sp³-hybridized carbons (Fsp3) is 0.471. The molecule has 1 saturated heterocycles. The van der Waals surface area contributed by atoms with Gasteiger partial charge in [-0.15, -0.1) is 0 Å². The molecule has 120 valence electrons. The Kier molecular flexibility index (Phi) is 3.61. The molecule has 0 aromatic carbocycles. The summed E-state index contributed by atoms with van der Waals surface area (Å²) in [6.07, 6.45) is 6.36. The lowest BCUT2D eigenvalue weighted by molar-refractivity contribution is -0.129. The van der Waals surface area contributed by atoms with Crippen LogP contribution in [0.5, 0.6) is 0 Å². The van der Waals surface area contributed by atoms with E-state index < -0.39 is 0 Å². The Morgan fingerprint density at radius 2 is 2.30 bits per heavy atom. The van der Waals surface area contributed by atoms with E-state index in [1.54, 1.807) is 6.20 Å². The molecule has 2 aromatic heterocycles. The number of likely N-dealkylation sites (tertiary alicyclic amines) is 1. The number of aromatic nitrogens is 2. The summed E-state index contributed by atoms with van der Waals surface area (Å²) in [7, 11) is 0. The highest BCUT2D eigenvalue weighted by atomic mass is 16.5. The molecule has 4 rings (SSSR count). The zero-order valence-electron chi connectivity index (χ0n) is 13.1. The molecule has 2 aliphatic rings. The van der Waals surface area contributed by atoms with Crippen molar-refractivity contribution < 1.29 is 9.32 Å². The predicted molar refractivity (Wildman–Crippen MR) is 83.3 cm³/mol. The van der Waals surface area contributed by atoms with Gasteiger partial charge in [0.25, 0.3) is 0 Å². The quantitative estimate of drug-likeness (QED) is 0.914. The molecule has 1 aliphatic heterocycles. The summed E-state index contributed by atoms with van der Waals surface area (Å²) in [5.74, 6) is 1.03. The Morgan fingerprint density at radius 3 is 2.96 bits per heavy atom. The van der Waals surface area contributed by atoms with Crippen LogP contribution in [-0.2, 0) is 11.3 Å². The molecule has 2 aromatic rings. The maximum Gasteiger partial charge on any atom is 0.225 e. The van der Waals surface area contributed by atoms with Gasteiger partial charge in [0, 0.05) is 37.0 Å². The smallest absolute Gasteiger partial charge is 0.225 e. The topological polar surface area (TPSA) is 71.3 Å². The van der Waals surface area contributed by atoms with Crippen molar-refractivity contribution in [3.8, 4) is 0 Å². The van der Waals surface area contributed by atoms with Gasteiger partial charge in [0.05, 0.1) is 18.3 Å². The predicted octanol–water partition coefficient (Wildman–Crippen LogP) is 1.97. The number of nitrogens with zero attached hydrogens (tertiary/aromatic N) is 3. The third kappa shape index (κ3) is 2.86. The van der Waals surface area contributed by atoms with Crippen LogP contribution in [0.25, 0.3) is 0 Å². The molecule has 6 heteroatoms. The third-order valence-corrected chi connectivity index (χ3v) is 4.54. The van der Waals surface area contributed by atoms with Gasteiger partial charge in [0.15, 0.2) is 5.76 Å². The van der Waals surface area contributed by atoms with Crippen LogP contribution in [0.2, 0.25) is 0 Å². The van der Waals surface area contributed by atoms with Crippen molar-refractivity contribution in [1.82, 2.24) is 20.4 Å². The highest BCUT2D eigenvalue weighted by Crippen LogP contribution is 2.41. The van der Waals surface area contributed by atoms with E-state index in [1.165, 1.54) is 0 Å². The summed E-state index contributed by atoms with van der Waals surface area (Å²) in [5.41, 5.74) is 1.96. The van der Waals surface area contributed by atoms with Crippen molar-refractivity contribution >= 4 is 5.91 Å². The monoisotopic (exact) mass is 312 g/mol. The van der Waals surface area contributed by atoms with E-state index in [2.05, 4.69) is 26.4 Å². The number of hydrogen-bond acceptors (Lipinski definition) is 5. The van der Waals surface area contributed by atoms with E-state index in [-0.39, 0.29) is 18.0 Å². The molecular weight excluding hydrogens is 292 g/mol. The lowest BCUT2D eigenvalue weighted by atomic mass is 10.0. The van der Waals surface area contributed by atoms with Crippen molar-refractivity contribution in [2.45, 2.75) is 50.9 Å². The van der Waals surface area contributed by atoms with E-state index in [4.69, 9.17) is 4.52 Å². The van der Waals surface area contributed by atoms with Crippen molar-refractivity contribution in [1.29, 1.82) is 0 Å². The molecule has 3 heterocycles. The molecule has 0 spiro atoms. The summed E-state index contributed by atoms with van der Waals surface area (Å²) < 4.78 is 5.26. The Morgan fingerprint density at radius 1 is 1.43 bits per heavy atom. The summed E-state index contributed by atoms with van der Waals surface area (Å²) >= 11 is 0. The first-order valence-corrected chi connectivity index (χ1v) is 8.09. The maximum atomic E-state index is 12.5. The number of amides is 1. The molecule has 2 atom stereocenters. The fourth-order valence-corrected chi connectivity index (χ4v) is 3.40. The highest BCUT2D eigenvalue weighted by molar-refractivity contribution is 5.81. The van der Waals surface area contributed by atoms with Crippen LogP contribution >= 0.6 is 0 Å². The summed E-state index contributed by atoms with van der Waals surface area (Å²) in [5, 5.41) is 7.38.